The van der Waals surface area contributed by atoms with E-state index in [0.29, 0.717) is 35.2 Å². The van der Waals surface area contributed by atoms with Gasteiger partial charge in [-0.15, -0.1) is 0 Å². The fourth-order valence-corrected chi connectivity index (χ4v) is 4.58. The summed E-state index contributed by atoms with van der Waals surface area (Å²) < 4.78 is 13.3. The number of carbonyl (C=O) groups excluding carboxylic acids is 2. The van der Waals surface area contributed by atoms with Crippen molar-refractivity contribution in [3.63, 3.8) is 0 Å². The Morgan fingerprint density at radius 2 is 1.53 bits per heavy atom. The van der Waals surface area contributed by atoms with E-state index >= 15 is 0 Å². The highest BCUT2D eigenvalue weighted by atomic mass is 16.6. The summed E-state index contributed by atoms with van der Waals surface area (Å²) >= 11 is 0. The van der Waals surface area contributed by atoms with Gasteiger partial charge < -0.3 is 19.8 Å². The van der Waals surface area contributed by atoms with E-state index in [1.165, 1.54) is 0 Å². The maximum absolute atomic E-state index is 12.7. The number of fused-ring (bicyclic) bond motifs is 3. The first-order valence-corrected chi connectivity index (χ1v) is 11.8. The minimum absolute atomic E-state index is 0.168. The van der Waals surface area contributed by atoms with E-state index in [-0.39, 0.29) is 6.61 Å². The van der Waals surface area contributed by atoms with E-state index < -0.39 is 11.9 Å². The number of benzene rings is 4. The molecule has 4 aromatic carbocycles. The van der Waals surface area contributed by atoms with E-state index in [0.717, 1.165) is 27.7 Å². The Kier molecular flexibility index (Phi) is 6.52. The van der Waals surface area contributed by atoms with Gasteiger partial charge in [-0.2, -0.15) is 0 Å². The normalized spacial score (nSPS) is 11.1. The standard InChI is InChI=1S/C30H26N2O4/c1-2-35-19-27(33)36-26-17-22(21-12-7-4-8-13-21)16-25-29(26)28-23(30(31)34)14-9-15-24(28)32(25)18-20-10-5-3-6-11-20/h3-17H,2,18-19H2,1H3,(H2,31,34). The molecule has 0 spiro atoms. The maximum Gasteiger partial charge on any atom is 0.337 e. The van der Waals surface area contributed by atoms with E-state index in [1.807, 2.05) is 73.7 Å². The third-order valence-electron chi connectivity index (χ3n) is 6.16. The number of nitrogens with two attached hydrogens (primary N) is 1. The topological polar surface area (TPSA) is 83.6 Å². The summed E-state index contributed by atoms with van der Waals surface area (Å²) in [4.78, 5) is 25.1. The van der Waals surface area contributed by atoms with E-state index in [4.69, 9.17) is 15.2 Å². The molecule has 0 aliphatic carbocycles. The minimum atomic E-state index is -0.543. The molecule has 0 fully saturated rings. The first-order valence-electron chi connectivity index (χ1n) is 11.8. The Labute approximate surface area is 208 Å². The van der Waals surface area contributed by atoms with Crippen LogP contribution in [0, 0.1) is 0 Å². The number of ether oxygens (including phenoxy) is 2. The van der Waals surface area contributed by atoms with Gasteiger partial charge in [0, 0.05) is 24.1 Å². The van der Waals surface area contributed by atoms with Crippen LogP contribution in [0.5, 0.6) is 5.75 Å². The third kappa shape index (κ3) is 4.46. The number of nitrogens with zero attached hydrogens (tertiary/aromatic N) is 1. The summed E-state index contributed by atoms with van der Waals surface area (Å²) in [6.45, 7) is 2.61. The Bertz CT molecular complexity index is 1560. The Hall–Kier alpha value is -4.42. The molecular weight excluding hydrogens is 452 g/mol. The van der Waals surface area contributed by atoms with Crippen LogP contribution in [0.2, 0.25) is 0 Å². The van der Waals surface area contributed by atoms with Crippen molar-refractivity contribution in [2.24, 2.45) is 5.73 Å². The predicted octanol–water partition coefficient (Wildman–Crippen LogP) is 5.55. The van der Waals surface area contributed by atoms with Crippen LogP contribution in [0.25, 0.3) is 32.9 Å². The summed E-state index contributed by atoms with van der Waals surface area (Å²) in [5.41, 5.74) is 10.8. The number of primary amides is 1. The monoisotopic (exact) mass is 478 g/mol. The molecule has 6 nitrogen and oxygen atoms in total. The van der Waals surface area contributed by atoms with Crippen LogP contribution in [-0.2, 0) is 16.1 Å². The fraction of sp³-hybridized carbons (Fsp3) is 0.133. The molecule has 0 radical (unpaired) electrons. The zero-order valence-corrected chi connectivity index (χ0v) is 19.9. The molecule has 0 aliphatic rings. The van der Waals surface area contributed by atoms with Gasteiger partial charge in [-0.1, -0.05) is 66.7 Å². The maximum atomic E-state index is 12.7. The van der Waals surface area contributed by atoms with Crippen molar-refractivity contribution in [1.82, 2.24) is 4.57 Å². The third-order valence-corrected chi connectivity index (χ3v) is 6.16. The van der Waals surface area contributed by atoms with Crippen molar-refractivity contribution < 1.29 is 19.1 Å². The predicted molar refractivity (Wildman–Crippen MR) is 141 cm³/mol. The molecule has 1 aromatic heterocycles. The molecule has 0 unspecified atom stereocenters. The molecule has 1 heterocycles. The smallest absolute Gasteiger partial charge is 0.337 e. The molecule has 180 valence electrons. The zero-order valence-electron chi connectivity index (χ0n) is 19.9. The Balaban J connectivity index is 1.84. The van der Waals surface area contributed by atoms with Crippen LogP contribution in [0.15, 0.2) is 91.0 Å². The lowest BCUT2D eigenvalue weighted by atomic mass is 10.0. The second-order valence-electron chi connectivity index (χ2n) is 8.48. The SMILES string of the molecule is CCOCC(=O)Oc1cc(-c2ccccc2)cc2c1c1c(C(N)=O)cccc1n2Cc1ccccc1. The van der Waals surface area contributed by atoms with Crippen LogP contribution in [0.3, 0.4) is 0 Å². The van der Waals surface area contributed by atoms with Gasteiger partial charge in [0.2, 0.25) is 5.91 Å². The Morgan fingerprint density at radius 1 is 0.806 bits per heavy atom. The minimum Gasteiger partial charge on any atom is -0.424 e. The largest absolute Gasteiger partial charge is 0.424 e. The van der Waals surface area contributed by atoms with Gasteiger partial charge in [-0.3, -0.25) is 4.79 Å². The highest BCUT2D eigenvalue weighted by Gasteiger charge is 2.22. The quantitative estimate of drug-likeness (QED) is 0.234. The van der Waals surface area contributed by atoms with Gasteiger partial charge in [0.1, 0.15) is 12.4 Å². The lowest BCUT2D eigenvalue weighted by molar-refractivity contribution is -0.139. The van der Waals surface area contributed by atoms with Crippen LogP contribution >= 0.6 is 0 Å². The van der Waals surface area contributed by atoms with Crippen molar-refractivity contribution in [3.8, 4) is 16.9 Å². The first kappa shape index (κ1) is 23.3. The summed E-state index contributed by atoms with van der Waals surface area (Å²) in [7, 11) is 0. The van der Waals surface area contributed by atoms with E-state index in [9.17, 15) is 9.59 Å². The molecule has 0 atom stereocenters. The van der Waals surface area contributed by atoms with Crippen molar-refractivity contribution in [2.45, 2.75) is 13.5 Å². The van der Waals surface area contributed by atoms with Gasteiger partial charge >= 0.3 is 5.97 Å². The molecule has 2 N–H and O–H groups in total. The van der Waals surface area contributed by atoms with Crippen molar-refractivity contribution >= 4 is 33.7 Å². The van der Waals surface area contributed by atoms with Crippen molar-refractivity contribution in [3.05, 3.63) is 102 Å². The van der Waals surface area contributed by atoms with Gasteiger partial charge in [0.25, 0.3) is 0 Å². The van der Waals surface area contributed by atoms with E-state index in [2.05, 4.69) is 22.8 Å². The second kappa shape index (κ2) is 10.1. The van der Waals surface area contributed by atoms with Crippen molar-refractivity contribution in [1.29, 1.82) is 0 Å². The first-order chi connectivity index (χ1) is 17.6. The number of hydrogen-bond donors (Lipinski definition) is 1. The summed E-state index contributed by atoms with van der Waals surface area (Å²) in [6, 6.07) is 29.4. The van der Waals surface area contributed by atoms with Crippen LogP contribution in [0.1, 0.15) is 22.8 Å². The lowest BCUT2D eigenvalue weighted by Gasteiger charge is -2.12. The summed E-state index contributed by atoms with van der Waals surface area (Å²) in [6.07, 6.45) is 0. The zero-order chi connectivity index (χ0) is 25.1. The van der Waals surface area contributed by atoms with Crippen LogP contribution in [-0.4, -0.2) is 29.7 Å². The summed E-state index contributed by atoms with van der Waals surface area (Å²) in [5, 5.41) is 1.33. The highest BCUT2D eigenvalue weighted by molar-refractivity contribution is 6.20. The average Bonchev–Trinajstić information content (AvgIpc) is 3.22. The molecule has 6 heteroatoms. The molecule has 0 saturated carbocycles. The molecule has 0 bridgehead atoms. The summed E-state index contributed by atoms with van der Waals surface area (Å²) in [5.74, 6) is -0.691. The molecule has 1 amide bonds. The van der Waals surface area contributed by atoms with Crippen LogP contribution in [0.4, 0.5) is 0 Å². The number of rotatable bonds is 8. The number of carbonyl (C=O) groups is 2. The number of esters is 1. The van der Waals surface area contributed by atoms with Gasteiger partial charge in [-0.25, -0.2) is 4.79 Å². The number of aromatic nitrogens is 1. The van der Waals surface area contributed by atoms with Gasteiger partial charge in [-0.05, 0) is 47.9 Å². The Morgan fingerprint density at radius 3 is 2.22 bits per heavy atom. The van der Waals surface area contributed by atoms with Gasteiger partial charge in [0.05, 0.1) is 16.4 Å². The molecule has 0 saturated heterocycles. The van der Waals surface area contributed by atoms with E-state index in [1.54, 1.807) is 6.07 Å². The molecule has 36 heavy (non-hydrogen) atoms. The number of amides is 1. The molecule has 5 aromatic rings. The highest BCUT2D eigenvalue weighted by Crippen LogP contribution is 2.41. The fourth-order valence-electron chi connectivity index (χ4n) is 4.58. The average molecular weight is 479 g/mol. The van der Waals surface area contributed by atoms with Crippen molar-refractivity contribution in [2.75, 3.05) is 13.2 Å². The number of hydrogen-bond acceptors (Lipinski definition) is 4. The van der Waals surface area contributed by atoms with Crippen LogP contribution < -0.4 is 10.5 Å². The van der Waals surface area contributed by atoms with Gasteiger partial charge in [0.15, 0.2) is 0 Å². The second-order valence-corrected chi connectivity index (χ2v) is 8.48. The molecule has 5 rings (SSSR count). The molecular formula is C30H26N2O4. The molecule has 0 aliphatic heterocycles. The lowest BCUT2D eigenvalue weighted by Crippen LogP contribution is -2.16.